The number of aromatic amines is 1. The molecule has 0 spiro atoms. The van der Waals surface area contributed by atoms with Crippen molar-refractivity contribution in [2.45, 2.75) is 12.5 Å². The Balaban J connectivity index is 1.34. The maximum absolute atomic E-state index is 12.8. The molecule has 1 aliphatic heterocycles. The van der Waals surface area contributed by atoms with Crippen LogP contribution in [0.2, 0.25) is 0 Å². The number of amides is 3. The Labute approximate surface area is 202 Å². The van der Waals surface area contributed by atoms with Crippen molar-refractivity contribution >= 4 is 29.2 Å². The van der Waals surface area contributed by atoms with Crippen LogP contribution in [-0.4, -0.2) is 69.0 Å². The van der Waals surface area contributed by atoms with E-state index in [0.29, 0.717) is 42.4 Å². The van der Waals surface area contributed by atoms with Crippen LogP contribution >= 0.6 is 0 Å². The zero-order valence-electron chi connectivity index (χ0n) is 19.2. The molecule has 11 heteroatoms. The van der Waals surface area contributed by atoms with E-state index in [0.717, 1.165) is 0 Å². The van der Waals surface area contributed by atoms with Gasteiger partial charge in [0.25, 0.3) is 5.91 Å². The van der Waals surface area contributed by atoms with Crippen molar-refractivity contribution in [3.63, 3.8) is 0 Å². The molecule has 11 nitrogen and oxygen atoms in total. The van der Waals surface area contributed by atoms with E-state index in [2.05, 4.69) is 42.7 Å². The van der Waals surface area contributed by atoms with E-state index in [9.17, 15) is 14.4 Å². The topological polar surface area (TPSA) is 145 Å². The summed E-state index contributed by atoms with van der Waals surface area (Å²) in [6, 6.07) is 10.0. The maximum atomic E-state index is 12.8. The third-order valence-electron chi connectivity index (χ3n) is 5.57. The number of rotatable bonds is 7. The van der Waals surface area contributed by atoms with Gasteiger partial charge in [0.2, 0.25) is 11.8 Å². The van der Waals surface area contributed by atoms with Gasteiger partial charge in [0.15, 0.2) is 0 Å². The lowest BCUT2D eigenvalue weighted by atomic mass is 9.93. The predicted octanol–water partition coefficient (Wildman–Crippen LogP) is 1.68. The molecule has 0 aliphatic carbocycles. The molecule has 35 heavy (non-hydrogen) atoms. The third kappa shape index (κ3) is 6.15. The standard InChI is InChI=1S/C24H26N8O3/c1-3-22(33)27-17-11-15(13-32(2)14-17)23(34)28-16-7-8-21(25-12-16)30-24(35)20-6-4-5-18(29-20)19-9-10-26-31-19/h3-10,12,15,17H,1,11,13-14H2,2H3,(H,26,31)(H,27,33)(H,28,34)(H,25,30,35)/t15?,17-/m0/s1. The second-order valence-electron chi connectivity index (χ2n) is 8.32. The minimum absolute atomic E-state index is 0.133. The van der Waals surface area contributed by atoms with Crippen LogP contribution in [0.3, 0.4) is 0 Å². The number of pyridine rings is 2. The summed E-state index contributed by atoms with van der Waals surface area (Å²) in [6.07, 6.45) is 4.84. The zero-order valence-corrected chi connectivity index (χ0v) is 19.2. The Kier molecular flexibility index (Phi) is 7.27. The summed E-state index contributed by atoms with van der Waals surface area (Å²) >= 11 is 0. The highest BCUT2D eigenvalue weighted by molar-refractivity contribution is 6.02. The van der Waals surface area contributed by atoms with Gasteiger partial charge in [0.1, 0.15) is 11.5 Å². The molecule has 180 valence electrons. The largest absolute Gasteiger partial charge is 0.349 e. The van der Waals surface area contributed by atoms with Gasteiger partial charge in [-0.2, -0.15) is 5.10 Å². The van der Waals surface area contributed by atoms with Crippen molar-refractivity contribution in [3.8, 4) is 11.4 Å². The number of carbonyl (C=O) groups is 3. The number of likely N-dealkylation sites (tertiary alicyclic amines) is 1. The van der Waals surface area contributed by atoms with Crippen LogP contribution in [0.15, 0.2) is 61.4 Å². The predicted molar refractivity (Wildman–Crippen MR) is 130 cm³/mol. The number of carbonyl (C=O) groups excluding carboxylic acids is 3. The van der Waals surface area contributed by atoms with Crippen LogP contribution < -0.4 is 16.0 Å². The number of likely N-dealkylation sites (N-methyl/N-ethyl adjacent to an activating group) is 1. The van der Waals surface area contributed by atoms with Crippen LogP contribution in [0, 0.1) is 5.92 Å². The minimum atomic E-state index is -0.409. The second-order valence-corrected chi connectivity index (χ2v) is 8.32. The number of aromatic nitrogens is 4. The van der Waals surface area contributed by atoms with Gasteiger partial charge in [-0.25, -0.2) is 9.97 Å². The van der Waals surface area contributed by atoms with E-state index in [1.807, 2.05) is 11.9 Å². The molecular formula is C24H26N8O3. The molecule has 1 unspecified atom stereocenters. The molecule has 3 amide bonds. The number of H-pyrrole nitrogens is 1. The molecule has 0 aromatic carbocycles. The quantitative estimate of drug-likeness (QED) is 0.381. The summed E-state index contributed by atoms with van der Waals surface area (Å²) in [7, 11) is 1.91. The fourth-order valence-electron chi connectivity index (χ4n) is 3.95. The minimum Gasteiger partial charge on any atom is -0.349 e. The van der Waals surface area contributed by atoms with Gasteiger partial charge in [-0.05, 0) is 49.9 Å². The highest BCUT2D eigenvalue weighted by atomic mass is 16.2. The molecule has 4 rings (SSSR count). The van der Waals surface area contributed by atoms with Crippen LogP contribution in [0.4, 0.5) is 11.5 Å². The fourth-order valence-corrected chi connectivity index (χ4v) is 3.95. The number of hydrogen-bond acceptors (Lipinski definition) is 7. The molecule has 1 fully saturated rings. The van der Waals surface area contributed by atoms with Gasteiger partial charge < -0.3 is 20.9 Å². The molecule has 0 bridgehead atoms. The van der Waals surface area contributed by atoms with Crippen LogP contribution in [0.25, 0.3) is 11.4 Å². The van der Waals surface area contributed by atoms with Gasteiger partial charge in [0, 0.05) is 25.3 Å². The lowest BCUT2D eigenvalue weighted by molar-refractivity contribution is -0.123. The summed E-state index contributed by atoms with van der Waals surface area (Å²) in [5, 5.41) is 15.1. The van der Waals surface area contributed by atoms with Gasteiger partial charge in [-0.1, -0.05) is 12.6 Å². The average Bonchev–Trinajstić information content (AvgIpc) is 3.40. The number of nitrogens with one attached hydrogen (secondary N) is 4. The summed E-state index contributed by atoms with van der Waals surface area (Å²) in [6.45, 7) is 4.71. The third-order valence-corrected chi connectivity index (χ3v) is 5.57. The molecule has 0 saturated carbocycles. The average molecular weight is 475 g/mol. The first-order valence-corrected chi connectivity index (χ1v) is 11.1. The number of nitrogens with zero attached hydrogens (tertiary/aromatic N) is 4. The van der Waals surface area contributed by atoms with E-state index in [-0.39, 0.29) is 29.5 Å². The highest BCUT2D eigenvalue weighted by Gasteiger charge is 2.30. The molecule has 1 saturated heterocycles. The molecule has 0 radical (unpaired) electrons. The first kappa shape index (κ1) is 23.8. The lowest BCUT2D eigenvalue weighted by Gasteiger charge is -2.35. The Hall–Kier alpha value is -4.38. The monoisotopic (exact) mass is 474 g/mol. The lowest BCUT2D eigenvalue weighted by Crippen LogP contribution is -2.51. The van der Waals surface area contributed by atoms with Gasteiger partial charge in [-0.3, -0.25) is 19.5 Å². The maximum Gasteiger partial charge on any atom is 0.275 e. The Morgan fingerprint density at radius 3 is 2.71 bits per heavy atom. The number of anilines is 2. The van der Waals surface area contributed by atoms with Crippen molar-refractivity contribution < 1.29 is 14.4 Å². The van der Waals surface area contributed by atoms with Crippen molar-refractivity contribution in [1.82, 2.24) is 30.4 Å². The van der Waals surface area contributed by atoms with E-state index in [1.165, 1.54) is 12.3 Å². The van der Waals surface area contributed by atoms with Crippen molar-refractivity contribution in [1.29, 1.82) is 0 Å². The molecule has 3 aromatic rings. The number of piperidine rings is 1. The summed E-state index contributed by atoms with van der Waals surface area (Å²) in [5.41, 5.74) is 2.04. The Morgan fingerprint density at radius 1 is 1.14 bits per heavy atom. The van der Waals surface area contributed by atoms with Gasteiger partial charge >= 0.3 is 0 Å². The fraction of sp³-hybridized carbons (Fsp3) is 0.250. The highest BCUT2D eigenvalue weighted by Crippen LogP contribution is 2.19. The van der Waals surface area contributed by atoms with E-state index in [1.54, 1.807) is 42.6 Å². The Bertz CT molecular complexity index is 1210. The zero-order chi connectivity index (χ0) is 24.8. The molecule has 1 aliphatic rings. The normalized spacial score (nSPS) is 17.9. The molecule has 3 aromatic heterocycles. The van der Waals surface area contributed by atoms with Gasteiger partial charge in [0.05, 0.1) is 29.2 Å². The van der Waals surface area contributed by atoms with Crippen molar-refractivity contribution in [2.24, 2.45) is 5.92 Å². The van der Waals surface area contributed by atoms with Gasteiger partial charge in [-0.15, -0.1) is 0 Å². The smallest absolute Gasteiger partial charge is 0.275 e. The van der Waals surface area contributed by atoms with Crippen LogP contribution in [0.1, 0.15) is 16.9 Å². The van der Waals surface area contributed by atoms with Crippen LogP contribution in [0.5, 0.6) is 0 Å². The van der Waals surface area contributed by atoms with E-state index in [4.69, 9.17) is 0 Å². The SMILES string of the molecule is C=CC(=O)N[C@H]1CC(C(=O)Nc2ccc(NC(=O)c3cccc(-c4ccn[nH]4)n3)nc2)CN(C)C1. The van der Waals surface area contributed by atoms with E-state index < -0.39 is 5.91 Å². The summed E-state index contributed by atoms with van der Waals surface area (Å²) in [5.74, 6) is -0.793. The summed E-state index contributed by atoms with van der Waals surface area (Å²) < 4.78 is 0. The molecule has 4 N–H and O–H groups in total. The van der Waals surface area contributed by atoms with Crippen molar-refractivity contribution in [2.75, 3.05) is 30.8 Å². The molecular weight excluding hydrogens is 448 g/mol. The van der Waals surface area contributed by atoms with E-state index >= 15 is 0 Å². The first-order chi connectivity index (χ1) is 16.9. The first-order valence-electron chi connectivity index (χ1n) is 11.1. The molecule has 2 atom stereocenters. The van der Waals surface area contributed by atoms with Crippen LogP contribution in [-0.2, 0) is 9.59 Å². The molecule has 4 heterocycles. The summed E-state index contributed by atoms with van der Waals surface area (Å²) in [4.78, 5) is 47.6. The van der Waals surface area contributed by atoms with Crippen molar-refractivity contribution in [3.05, 3.63) is 67.1 Å². The Morgan fingerprint density at radius 2 is 2.00 bits per heavy atom. The number of hydrogen-bond donors (Lipinski definition) is 4. The second kappa shape index (κ2) is 10.7.